The zero-order valence-electron chi connectivity index (χ0n) is 27.8. The number of aromatic hydroxyl groups is 1. The standard InChI is InChI=1S/C37H66O3/c1-8-9-10-11-12-13-14-15-16-17-18-19-20-21-22-23-24-25-28-40-34(38)27-26-31-29-32(36(2,3)4)35(39)33(30-31)37(5,6)7/h29-30,39H,8-28H2,1-7H3. The van der Waals surface area contributed by atoms with Gasteiger partial charge in [-0.2, -0.15) is 0 Å². The lowest BCUT2D eigenvalue weighted by atomic mass is 9.78. The van der Waals surface area contributed by atoms with Crippen molar-refractivity contribution in [3.63, 3.8) is 0 Å². The van der Waals surface area contributed by atoms with Gasteiger partial charge in [0, 0.05) is 6.42 Å². The monoisotopic (exact) mass is 559 g/mol. The number of esters is 1. The highest BCUT2D eigenvalue weighted by molar-refractivity contribution is 5.69. The van der Waals surface area contributed by atoms with Crippen LogP contribution in [0.15, 0.2) is 12.1 Å². The van der Waals surface area contributed by atoms with Gasteiger partial charge in [0.2, 0.25) is 0 Å². The maximum atomic E-state index is 12.4. The molecule has 0 aliphatic heterocycles. The third-order valence-electron chi connectivity index (χ3n) is 8.16. The normalized spacial score (nSPS) is 12.2. The van der Waals surface area contributed by atoms with E-state index in [0.717, 1.165) is 29.5 Å². The minimum atomic E-state index is -0.159. The van der Waals surface area contributed by atoms with Crippen LogP contribution in [0.4, 0.5) is 0 Å². The molecule has 232 valence electrons. The summed E-state index contributed by atoms with van der Waals surface area (Å²) in [5.41, 5.74) is 2.67. The number of phenols is 1. The quantitative estimate of drug-likeness (QED) is 0.114. The Kier molecular flexibility index (Phi) is 18.6. The van der Waals surface area contributed by atoms with Crippen molar-refractivity contribution in [2.75, 3.05) is 6.61 Å². The predicted molar refractivity (Wildman–Crippen MR) is 174 cm³/mol. The minimum absolute atomic E-state index is 0.116. The van der Waals surface area contributed by atoms with E-state index in [0.29, 0.717) is 25.2 Å². The number of carbonyl (C=O) groups excluding carboxylic acids is 1. The fraction of sp³-hybridized carbons (Fsp3) is 0.811. The molecule has 1 aromatic rings. The van der Waals surface area contributed by atoms with Gasteiger partial charge >= 0.3 is 5.97 Å². The molecule has 0 aliphatic carbocycles. The molecule has 3 nitrogen and oxygen atoms in total. The number of carbonyl (C=O) groups is 1. The van der Waals surface area contributed by atoms with Crippen LogP contribution >= 0.6 is 0 Å². The minimum Gasteiger partial charge on any atom is -0.507 e. The van der Waals surface area contributed by atoms with Crippen molar-refractivity contribution in [3.8, 4) is 5.75 Å². The Balaban J connectivity index is 2.07. The first kappa shape index (κ1) is 36.5. The molecule has 0 heterocycles. The molecule has 0 spiro atoms. The van der Waals surface area contributed by atoms with Gasteiger partial charge in [-0.15, -0.1) is 0 Å². The van der Waals surface area contributed by atoms with E-state index in [1.807, 2.05) is 0 Å². The van der Waals surface area contributed by atoms with Gasteiger partial charge < -0.3 is 9.84 Å². The SMILES string of the molecule is CCCCCCCCCCCCCCCCCCCCOC(=O)CCc1cc(C(C)(C)C)c(O)c(C(C)(C)C)c1. The second-order valence-corrected chi connectivity index (χ2v) is 14.3. The summed E-state index contributed by atoms with van der Waals surface area (Å²) in [6.07, 6.45) is 25.5. The van der Waals surface area contributed by atoms with Gasteiger partial charge in [0.05, 0.1) is 6.61 Å². The van der Waals surface area contributed by atoms with Crippen LogP contribution in [0.25, 0.3) is 0 Å². The smallest absolute Gasteiger partial charge is 0.306 e. The van der Waals surface area contributed by atoms with Crippen molar-refractivity contribution in [1.29, 1.82) is 0 Å². The van der Waals surface area contributed by atoms with Crippen molar-refractivity contribution in [1.82, 2.24) is 0 Å². The molecule has 0 unspecified atom stereocenters. The molecule has 1 rings (SSSR count). The molecule has 0 radical (unpaired) electrons. The summed E-state index contributed by atoms with van der Waals surface area (Å²) in [6.45, 7) is 15.5. The van der Waals surface area contributed by atoms with Gasteiger partial charge in [0.25, 0.3) is 0 Å². The first-order valence-corrected chi connectivity index (χ1v) is 17.0. The fourth-order valence-corrected chi connectivity index (χ4v) is 5.49. The lowest BCUT2D eigenvalue weighted by Crippen LogP contribution is -2.18. The highest BCUT2D eigenvalue weighted by Crippen LogP contribution is 2.40. The molecule has 3 heteroatoms. The zero-order valence-corrected chi connectivity index (χ0v) is 27.8. The highest BCUT2D eigenvalue weighted by Gasteiger charge is 2.26. The van der Waals surface area contributed by atoms with E-state index in [9.17, 15) is 9.90 Å². The molecule has 0 aromatic heterocycles. The summed E-state index contributed by atoms with van der Waals surface area (Å²) in [5, 5.41) is 10.9. The average Bonchev–Trinajstić information content (AvgIpc) is 2.88. The van der Waals surface area contributed by atoms with E-state index in [1.165, 1.54) is 103 Å². The van der Waals surface area contributed by atoms with Gasteiger partial charge in [0.15, 0.2) is 0 Å². The van der Waals surface area contributed by atoms with Crippen LogP contribution in [0.2, 0.25) is 0 Å². The summed E-state index contributed by atoms with van der Waals surface area (Å²) in [5.74, 6) is 0.273. The van der Waals surface area contributed by atoms with E-state index in [-0.39, 0.29) is 16.8 Å². The second-order valence-electron chi connectivity index (χ2n) is 14.3. The number of phenolic OH excluding ortho intramolecular Hbond substituents is 1. The number of hydrogen-bond donors (Lipinski definition) is 1. The van der Waals surface area contributed by atoms with Crippen molar-refractivity contribution in [2.24, 2.45) is 0 Å². The van der Waals surface area contributed by atoms with Crippen LogP contribution in [-0.2, 0) is 26.8 Å². The largest absolute Gasteiger partial charge is 0.507 e. The Morgan fingerprint density at radius 1 is 0.625 bits per heavy atom. The third-order valence-corrected chi connectivity index (χ3v) is 8.16. The van der Waals surface area contributed by atoms with Crippen LogP contribution in [0.5, 0.6) is 5.75 Å². The van der Waals surface area contributed by atoms with Crippen LogP contribution < -0.4 is 0 Å². The van der Waals surface area contributed by atoms with Crippen molar-refractivity contribution in [2.45, 2.75) is 188 Å². The number of ether oxygens (including phenoxy) is 1. The molecular weight excluding hydrogens is 492 g/mol. The first-order chi connectivity index (χ1) is 19.0. The first-order valence-electron chi connectivity index (χ1n) is 17.0. The molecule has 0 aliphatic rings. The Bertz CT molecular complexity index is 762. The zero-order chi connectivity index (χ0) is 29.9. The summed E-state index contributed by atoms with van der Waals surface area (Å²) in [4.78, 5) is 12.4. The molecule has 1 aromatic carbocycles. The van der Waals surface area contributed by atoms with Gasteiger partial charge in [-0.05, 0) is 40.4 Å². The molecule has 0 saturated carbocycles. The Morgan fingerprint density at radius 2 is 0.975 bits per heavy atom. The van der Waals surface area contributed by atoms with Crippen LogP contribution in [0.3, 0.4) is 0 Å². The van der Waals surface area contributed by atoms with Crippen LogP contribution in [0, 0.1) is 0 Å². The third kappa shape index (κ3) is 16.7. The lowest BCUT2D eigenvalue weighted by molar-refractivity contribution is -0.143. The van der Waals surface area contributed by atoms with Crippen molar-refractivity contribution < 1.29 is 14.6 Å². The molecule has 0 atom stereocenters. The molecular formula is C37H66O3. The molecule has 40 heavy (non-hydrogen) atoms. The van der Waals surface area contributed by atoms with E-state index in [4.69, 9.17) is 4.74 Å². The van der Waals surface area contributed by atoms with E-state index < -0.39 is 0 Å². The summed E-state index contributed by atoms with van der Waals surface area (Å²) in [7, 11) is 0. The van der Waals surface area contributed by atoms with Gasteiger partial charge in [0.1, 0.15) is 5.75 Å². The topological polar surface area (TPSA) is 46.5 Å². The molecule has 0 fully saturated rings. The Labute approximate surface area is 249 Å². The lowest BCUT2D eigenvalue weighted by Gasteiger charge is -2.28. The van der Waals surface area contributed by atoms with E-state index >= 15 is 0 Å². The van der Waals surface area contributed by atoms with Gasteiger partial charge in [-0.25, -0.2) is 0 Å². The Morgan fingerprint density at radius 3 is 1.32 bits per heavy atom. The predicted octanol–water partition coefficient (Wildman–Crippen LogP) is 11.5. The maximum absolute atomic E-state index is 12.4. The molecule has 0 amide bonds. The Hall–Kier alpha value is -1.51. The van der Waals surface area contributed by atoms with E-state index in [2.05, 4.69) is 60.6 Å². The molecule has 1 N–H and O–H groups in total. The summed E-state index contributed by atoms with van der Waals surface area (Å²) >= 11 is 0. The molecule has 0 saturated heterocycles. The fourth-order valence-electron chi connectivity index (χ4n) is 5.49. The number of unbranched alkanes of at least 4 members (excludes halogenated alkanes) is 17. The highest BCUT2D eigenvalue weighted by atomic mass is 16.5. The van der Waals surface area contributed by atoms with E-state index in [1.54, 1.807) is 0 Å². The van der Waals surface area contributed by atoms with Crippen molar-refractivity contribution in [3.05, 3.63) is 28.8 Å². The number of hydrogen-bond acceptors (Lipinski definition) is 3. The maximum Gasteiger partial charge on any atom is 0.306 e. The van der Waals surface area contributed by atoms with Crippen molar-refractivity contribution >= 4 is 5.97 Å². The summed E-state index contributed by atoms with van der Waals surface area (Å²) in [6, 6.07) is 4.13. The molecule has 0 bridgehead atoms. The van der Waals surface area contributed by atoms with Crippen LogP contribution in [-0.4, -0.2) is 17.7 Å². The van der Waals surface area contributed by atoms with Crippen LogP contribution in [0.1, 0.15) is 187 Å². The average molecular weight is 559 g/mol. The number of benzene rings is 1. The summed E-state index contributed by atoms with van der Waals surface area (Å²) < 4.78 is 5.52. The number of aryl methyl sites for hydroxylation is 1. The number of rotatable bonds is 22. The van der Waals surface area contributed by atoms with Gasteiger partial charge in [-0.1, -0.05) is 170 Å². The second kappa shape index (κ2) is 20.4. The van der Waals surface area contributed by atoms with Gasteiger partial charge in [-0.3, -0.25) is 4.79 Å².